The predicted octanol–water partition coefficient (Wildman–Crippen LogP) is 2.85. The number of hydrogen-bond donors (Lipinski definition) is 0. The van der Waals surface area contributed by atoms with E-state index in [9.17, 15) is 4.39 Å². The molecule has 2 rings (SSSR count). The molecule has 1 aromatic heterocycles. The minimum Gasteiger partial charge on any atom is -0.257 e. The van der Waals surface area contributed by atoms with Gasteiger partial charge in [0.15, 0.2) is 0 Å². The van der Waals surface area contributed by atoms with Gasteiger partial charge in [-0.3, -0.25) is 4.98 Å². The van der Waals surface area contributed by atoms with E-state index < -0.39 is 0 Å². The number of halogens is 1. The monoisotopic (exact) mass is 204 g/mol. The summed E-state index contributed by atoms with van der Waals surface area (Å²) in [5, 5.41) is 9.09. The first-order valence-corrected chi connectivity index (χ1v) is 5.16. The van der Waals surface area contributed by atoms with E-state index in [-0.39, 0.29) is 11.7 Å². The van der Waals surface area contributed by atoms with Gasteiger partial charge in [-0.25, -0.2) is 4.39 Å². The van der Waals surface area contributed by atoms with E-state index in [2.05, 4.69) is 11.1 Å². The maximum absolute atomic E-state index is 13.2. The lowest BCUT2D eigenvalue weighted by Gasteiger charge is -2.12. The zero-order valence-corrected chi connectivity index (χ0v) is 8.92. The standard InChI is InChI=1S/C12H13FN2/c1-7-8(2)12(15-6-11(7)13)10(5-14)9-3-4-9/h6,9-10H,3-4H2,1-2H3. The van der Waals surface area contributed by atoms with Gasteiger partial charge in [-0.05, 0) is 43.7 Å². The molecule has 1 aromatic rings. The van der Waals surface area contributed by atoms with Crippen molar-refractivity contribution in [3.05, 3.63) is 28.8 Å². The average Bonchev–Trinajstić information content (AvgIpc) is 3.03. The second-order valence-electron chi connectivity index (χ2n) is 4.19. The number of pyridine rings is 1. The van der Waals surface area contributed by atoms with Crippen LogP contribution in [0.15, 0.2) is 6.20 Å². The third-order valence-electron chi connectivity index (χ3n) is 3.15. The maximum Gasteiger partial charge on any atom is 0.144 e. The number of nitriles is 1. The molecule has 0 amide bonds. The van der Waals surface area contributed by atoms with Gasteiger partial charge in [-0.1, -0.05) is 0 Å². The van der Waals surface area contributed by atoms with Crippen molar-refractivity contribution in [1.29, 1.82) is 5.26 Å². The van der Waals surface area contributed by atoms with Gasteiger partial charge in [0.25, 0.3) is 0 Å². The molecule has 3 heteroatoms. The van der Waals surface area contributed by atoms with E-state index in [1.165, 1.54) is 6.20 Å². The van der Waals surface area contributed by atoms with E-state index in [1.807, 2.05) is 6.92 Å². The quantitative estimate of drug-likeness (QED) is 0.742. The number of rotatable bonds is 2. The van der Waals surface area contributed by atoms with Crippen LogP contribution >= 0.6 is 0 Å². The van der Waals surface area contributed by atoms with Crippen molar-refractivity contribution < 1.29 is 4.39 Å². The van der Waals surface area contributed by atoms with E-state index in [0.717, 1.165) is 24.1 Å². The minimum absolute atomic E-state index is 0.149. The maximum atomic E-state index is 13.2. The van der Waals surface area contributed by atoms with E-state index in [0.29, 0.717) is 11.5 Å². The lowest BCUT2D eigenvalue weighted by molar-refractivity contribution is 0.601. The Balaban J connectivity index is 2.44. The summed E-state index contributed by atoms with van der Waals surface area (Å²) < 4.78 is 13.2. The molecule has 1 aliphatic rings. The van der Waals surface area contributed by atoms with E-state index in [4.69, 9.17) is 5.26 Å². The van der Waals surface area contributed by atoms with Crippen LogP contribution in [0.5, 0.6) is 0 Å². The summed E-state index contributed by atoms with van der Waals surface area (Å²) in [5.41, 5.74) is 2.20. The summed E-state index contributed by atoms with van der Waals surface area (Å²) in [6, 6.07) is 2.28. The Hall–Kier alpha value is -1.43. The van der Waals surface area contributed by atoms with Crippen LogP contribution in [0.2, 0.25) is 0 Å². The Morgan fingerprint density at radius 1 is 1.47 bits per heavy atom. The summed E-state index contributed by atoms with van der Waals surface area (Å²) in [6.07, 6.45) is 3.41. The zero-order valence-electron chi connectivity index (χ0n) is 8.92. The third kappa shape index (κ3) is 1.72. The zero-order chi connectivity index (χ0) is 11.0. The highest BCUT2D eigenvalue weighted by Gasteiger charge is 2.34. The molecule has 0 aromatic carbocycles. The van der Waals surface area contributed by atoms with Crippen molar-refractivity contribution in [2.24, 2.45) is 5.92 Å². The SMILES string of the molecule is Cc1c(F)cnc(C(C#N)C2CC2)c1C. The normalized spacial score (nSPS) is 17.2. The van der Waals surface area contributed by atoms with Gasteiger partial charge in [0.1, 0.15) is 5.82 Å². The summed E-state index contributed by atoms with van der Waals surface area (Å²) in [7, 11) is 0. The first kappa shape index (κ1) is 10.1. The molecule has 1 heterocycles. The van der Waals surface area contributed by atoms with Crippen LogP contribution in [0.3, 0.4) is 0 Å². The lowest BCUT2D eigenvalue weighted by atomic mass is 9.95. The molecule has 1 unspecified atom stereocenters. The molecule has 2 nitrogen and oxygen atoms in total. The Bertz CT molecular complexity index is 430. The van der Waals surface area contributed by atoms with Crippen LogP contribution in [0.1, 0.15) is 35.6 Å². The van der Waals surface area contributed by atoms with Crippen molar-refractivity contribution in [3.63, 3.8) is 0 Å². The highest BCUT2D eigenvalue weighted by atomic mass is 19.1. The average molecular weight is 204 g/mol. The Morgan fingerprint density at radius 3 is 2.67 bits per heavy atom. The first-order valence-electron chi connectivity index (χ1n) is 5.16. The van der Waals surface area contributed by atoms with Crippen LogP contribution in [-0.2, 0) is 0 Å². The summed E-state index contributed by atoms with van der Waals surface area (Å²) >= 11 is 0. The molecular formula is C12H13FN2. The number of nitrogens with zero attached hydrogens (tertiary/aromatic N) is 2. The van der Waals surface area contributed by atoms with Crippen LogP contribution < -0.4 is 0 Å². The van der Waals surface area contributed by atoms with Crippen molar-refractivity contribution >= 4 is 0 Å². The van der Waals surface area contributed by atoms with Crippen molar-refractivity contribution in [1.82, 2.24) is 4.98 Å². The van der Waals surface area contributed by atoms with Gasteiger partial charge in [0.2, 0.25) is 0 Å². The second-order valence-corrected chi connectivity index (χ2v) is 4.19. The highest BCUT2D eigenvalue weighted by molar-refractivity contribution is 5.34. The fourth-order valence-corrected chi connectivity index (χ4v) is 1.82. The summed E-state index contributed by atoms with van der Waals surface area (Å²) in [4.78, 5) is 4.07. The predicted molar refractivity (Wildman–Crippen MR) is 54.7 cm³/mol. The summed E-state index contributed by atoms with van der Waals surface area (Å²) in [5.74, 6) is -0.000835. The Morgan fingerprint density at radius 2 is 2.13 bits per heavy atom. The molecule has 0 saturated heterocycles. The topological polar surface area (TPSA) is 36.7 Å². The van der Waals surface area contributed by atoms with Crippen LogP contribution in [0.25, 0.3) is 0 Å². The first-order chi connectivity index (χ1) is 7.15. The minimum atomic E-state index is -0.288. The van der Waals surface area contributed by atoms with Crippen LogP contribution in [0.4, 0.5) is 4.39 Å². The van der Waals surface area contributed by atoms with Crippen molar-refractivity contribution in [3.8, 4) is 6.07 Å². The fraction of sp³-hybridized carbons (Fsp3) is 0.500. The number of aromatic nitrogens is 1. The molecule has 78 valence electrons. The molecule has 1 atom stereocenters. The van der Waals surface area contributed by atoms with Crippen LogP contribution in [-0.4, -0.2) is 4.98 Å². The molecule has 0 bridgehead atoms. The lowest BCUT2D eigenvalue weighted by Crippen LogP contribution is -2.06. The molecule has 0 radical (unpaired) electrons. The second kappa shape index (κ2) is 3.62. The molecule has 1 saturated carbocycles. The number of hydrogen-bond acceptors (Lipinski definition) is 2. The van der Waals surface area contributed by atoms with Crippen molar-refractivity contribution in [2.45, 2.75) is 32.6 Å². The van der Waals surface area contributed by atoms with Crippen LogP contribution in [0, 0.1) is 36.9 Å². The van der Waals surface area contributed by atoms with E-state index >= 15 is 0 Å². The molecule has 1 aliphatic carbocycles. The smallest absolute Gasteiger partial charge is 0.144 e. The summed E-state index contributed by atoms with van der Waals surface area (Å²) in [6.45, 7) is 3.57. The molecule has 15 heavy (non-hydrogen) atoms. The van der Waals surface area contributed by atoms with Gasteiger partial charge in [0.05, 0.1) is 23.9 Å². The highest BCUT2D eigenvalue weighted by Crippen LogP contribution is 2.42. The molecule has 0 N–H and O–H groups in total. The fourth-order valence-electron chi connectivity index (χ4n) is 1.82. The molecule has 0 aliphatic heterocycles. The van der Waals surface area contributed by atoms with E-state index in [1.54, 1.807) is 6.92 Å². The van der Waals surface area contributed by atoms with Gasteiger partial charge < -0.3 is 0 Å². The van der Waals surface area contributed by atoms with Crippen molar-refractivity contribution in [2.75, 3.05) is 0 Å². The largest absolute Gasteiger partial charge is 0.257 e. The molecular weight excluding hydrogens is 191 g/mol. The Kier molecular flexibility index (Phi) is 2.44. The molecule has 0 spiro atoms. The van der Waals surface area contributed by atoms with Gasteiger partial charge in [-0.15, -0.1) is 0 Å². The Labute approximate surface area is 88.8 Å². The van der Waals surface area contributed by atoms with Gasteiger partial charge in [-0.2, -0.15) is 5.26 Å². The molecule has 1 fully saturated rings. The van der Waals surface area contributed by atoms with Gasteiger partial charge >= 0.3 is 0 Å². The third-order valence-corrected chi connectivity index (χ3v) is 3.15. The van der Waals surface area contributed by atoms with Gasteiger partial charge in [0, 0.05) is 0 Å².